The quantitative estimate of drug-likeness (QED) is 0.0124. The van der Waals surface area contributed by atoms with Crippen molar-refractivity contribution in [1.82, 2.24) is 35.9 Å². The number of nitrogens with zero attached hydrogens (tertiary/aromatic N) is 7. The van der Waals surface area contributed by atoms with Crippen LogP contribution in [-0.2, 0) is 83.6 Å². The van der Waals surface area contributed by atoms with Gasteiger partial charge in [0, 0.05) is 43.8 Å². The van der Waals surface area contributed by atoms with Crippen LogP contribution in [0.2, 0.25) is 0 Å². The number of ether oxygens (including phenoxy) is 12. The van der Waals surface area contributed by atoms with Crippen LogP contribution in [0.5, 0.6) is 0 Å². The summed E-state index contributed by atoms with van der Waals surface area (Å²) in [7, 11) is 0. The first-order chi connectivity index (χ1) is 44.2. The number of alkyl halides is 6. The van der Waals surface area contributed by atoms with Gasteiger partial charge in [0.2, 0.25) is 17.7 Å². The van der Waals surface area contributed by atoms with E-state index in [1.807, 2.05) is 0 Å². The van der Waals surface area contributed by atoms with Crippen molar-refractivity contribution in [3.63, 3.8) is 0 Å². The number of rotatable bonds is 49. The third-order valence-corrected chi connectivity index (χ3v) is 13.1. The first-order valence-electron chi connectivity index (χ1n) is 29.5. The lowest BCUT2D eigenvalue weighted by molar-refractivity contribution is -0.264. The van der Waals surface area contributed by atoms with Gasteiger partial charge in [-0.2, -0.15) is 26.3 Å². The second kappa shape index (κ2) is 44.8. The molecule has 0 aromatic carbocycles. The molecule has 4 rings (SSSR count). The zero-order chi connectivity index (χ0) is 67.0. The van der Waals surface area contributed by atoms with Gasteiger partial charge in [-0.3, -0.25) is 24.4 Å². The molecule has 2 aliphatic heterocycles. The average Bonchev–Trinajstić information content (AvgIpc) is 0.958. The lowest BCUT2D eigenvalue weighted by Gasteiger charge is -2.42. The Morgan fingerprint density at radius 3 is 1.33 bits per heavy atom. The van der Waals surface area contributed by atoms with Crippen LogP contribution in [-0.4, -0.2) is 287 Å². The minimum Gasteiger partial charge on any atom is -0.394 e. The number of carbonyl (C=O) groups excluding carboxylic acids is 3. The largest absolute Gasteiger partial charge is 0.434 e. The van der Waals surface area contributed by atoms with E-state index in [1.54, 1.807) is 0 Å². The Morgan fingerprint density at radius 2 is 0.935 bits per heavy atom. The number of aromatic nitrogens is 4. The number of aliphatic hydroxyl groups excluding tert-OH is 6. The number of unbranched alkanes of at least 4 members (excludes halogenated alkanes) is 2. The molecule has 2 saturated heterocycles. The number of halogens is 6. The topological polar surface area (TPSA) is 444 Å². The summed E-state index contributed by atoms with van der Waals surface area (Å²) in [6, 6.07) is -3.21. The lowest BCUT2D eigenvalue weighted by Crippen LogP contribution is -2.62. The molecule has 92 heavy (non-hydrogen) atoms. The predicted octanol–water partition coefficient (Wildman–Crippen LogP) is -1.02. The number of aliphatic hydroxyl groups is 6. The molecule has 4 heterocycles. The Morgan fingerprint density at radius 1 is 0.533 bits per heavy atom. The van der Waals surface area contributed by atoms with Crippen LogP contribution in [0, 0.1) is 0 Å². The molecule has 524 valence electrons. The molecule has 39 heteroatoms. The highest BCUT2D eigenvalue weighted by Gasteiger charge is 2.47. The van der Waals surface area contributed by atoms with Crippen molar-refractivity contribution in [3.05, 3.63) is 46.6 Å². The highest BCUT2D eigenvalue weighted by Crippen LogP contribution is 2.31. The summed E-state index contributed by atoms with van der Waals surface area (Å²) < 4.78 is 146. The minimum absolute atomic E-state index is 0.00638. The summed E-state index contributed by atoms with van der Waals surface area (Å²) in [6.07, 6.45) is -16.2. The van der Waals surface area contributed by atoms with Gasteiger partial charge in [0.15, 0.2) is 24.0 Å². The van der Waals surface area contributed by atoms with Crippen molar-refractivity contribution in [2.45, 2.75) is 118 Å². The Balaban J connectivity index is 0.993. The van der Waals surface area contributed by atoms with E-state index in [0.717, 1.165) is 12.4 Å². The fraction of sp³-hybridized carbons (Fsp3) is 0.792. The molecule has 2 aromatic heterocycles. The fourth-order valence-electron chi connectivity index (χ4n) is 8.38. The van der Waals surface area contributed by atoms with E-state index >= 15 is 0 Å². The minimum atomic E-state index is -4.79. The molecular formula is C53H84F6N12O21. The van der Waals surface area contributed by atoms with Gasteiger partial charge in [0.25, 0.3) is 0 Å². The SMILES string of the molecule is [N-]=[N+]=NCCCCCC(=O)NC(COCCC(=O)NCCOCCOCCOCCO[C@@H]1O[C@H](CO)[C@H](O)[C@H](O)[C@H]1Nc1cncc(C(F)(F)F)n1)COCCC(=O)NCCOCCOCCOCCO[C@@H]1O[C@H](CO)[C@H](O)[C@H](O)[C@H]1Nc1cncc(C(F)(F)F)n1. The summed E-state index contributed by atoms with van der Waals surface area (Å²) >= 11 is 0. The van der Waals surface area contributed by atoms with Gasteiger partial charge in [-0.05, 0) is 18.4 Å². The number of anilines is 2. The van der Waals surface area contributed by atoms with E-state index in [1.165, 1.54) is 0 Å². The highest BCUT2D eigenvalue weighted by atomic mass is 19.4. The number of hydrogen-bond donors (Lipinski definition) is 11. The molecule has 0 unspecified atom stereocenters. The predicted molar refractivity (Wildman–Crippen MR) is 303 cm³/mol. The van der Waals surface area contributed by atoms with Crippen LogP contribution < -0.4 is 26.6 Å². The second-order valence-electron chi connectivity index (χ2n) is 20.1. The molecule has 11 N–H and O–H groups in total. The van der Waals surface area contributed by atoms with Gasteiger partial charge in [-0.25, -0.2) is 9.97 Å². The van der Waals surface area contributed by atoms with Crippen molar-refractivity contribution in [2.24, 2.45) is 5.11 Å². The third kappa shape index (κ3) is 31.5. The molecule has 0 spiro atoms. The van der Waals surface area contributed by atoms with Gasteiger partial charge in [0.05, 0.1) is 163 Å². The molecule has 0 bridgehead atoms. The smallest absolute Gasteiger partial charge is 0.394 e. The van der Waals surface area contributed by atoms with Gasteiger partial charge < -0.3 is 114 Å². The zero-order valence-electron chi connectivity index (χ0n) is 50.4. The van der Waals surface area contributed by atoms with Gasteiger partial charge in [-0.15, -0.1) is 0 Å². The lowest BCUT2D eigenvalue weighted by atomic mass is 9.97. The maximum atomic E-state index is 13.2. The van der Waals surface area contributed by atoms with E-state index in [4.69, 9.17) is 62.4 Å². The van der Waals surface area contributed by atoms with Gasteiger partial charge in [-0.1, -0.05) is 11.5 Å². The van der Waals surface area contributed by atoms with E-state index in [2.05, 4.69) is 56.5 Å². The normalized spacial score (nSPS) is 21.8. The van der Waals surface area contributed by atoms with E-state index in [9.17, 15) is 71.4 Å². The van der Waals surface area contributed by atoms with Crippen LogP contribution >= 0.6 is 0 Å². The fourth-order valence-corrected chi connectivity index (χ4v) is 8.38. The number of nitrogens with one attached hydrogen (secondary N) is 5. The first-order valence-corrected chi connectivity index (χ1v) is 29.5. The maximum Gasteiger partial charge on any atom is 0.434 e. The molecule has 33 nitrogen and oxygen atoms in total. The monoisotopic (exact) mass is 1340 g/mol. The Labute approximate surface area is 524 Å². The first kappa shape index (κ1) is 78.8. The van der Waals surface area contributed by atoms with Gasteiger partial charge in [0.1, 0.15) is 60.3 Å². The van der Waals surface area contributed by atoms with Crippen LogP contribution in [0.15, 0.2) is 29.9 Å². The molecule has 0 aliphatic carbocycles. The Bertz CT molecular complexity index is 2280. The maximum absolute atomic E-state index is 13.2. The Kier molecular flexibility index (Phi) is 38.4. The van der Waals surface area contributed by atoms with E-state index in [-0.39, 0.29) is 181 Å². The van der Waals surface area contributed by atoms with Crippen molar-refractivity contribution in [3.8, 4) is 0 Å². The number of carbonyl (C=O) groups is 3. The number of hydrogen-bond acceptors (Lipinski definition) is 28. The second-order valence-corrected chi connectivity index (χ2v) is 20.1. The van der Waals surface area contributed by atoms with Crippen LogP contribution in [0.25, 0.3) is 10.4 Å². The standard InChI is InChI=1S/C53H84F6N12O21/c54-52(55,56)37-26-61-28-39(67-37)69-44-48(79)46(77)35(30-72)91-50(44)89-24-22-85-20-18-83-16-14-81-12-8-63-41(74)5-10-87-32-34(66-43(76)4-2-1-3-7-65-71-60)33-88-11-6-42(75)64-9-13-82-15-17-84-19-21-86-23-25-90-51-45(49(80)47(78)36(31-73)92-51)70-40-29-62-27-38(68-40)53(57,58)59/h26-29,34-36,44-51,72-73,77-80H,1-25,30-33H2,(H,63,74)(H,64,75)(H,66,76)(H,67,69)(H,68,70)/t35-,36-,44-,45-,46+,47+,48-,49-,50-,51-/m1/s1. The van der Waals surface area contributed by atoms with Crippen molar-refractivity contribution < 1.29 is 128 Å². The summed E-state index contributed by atoms with van der Waals surface area (Å²) in [5, 5.41) is 78.0. The summed E-state index contributed by atoms with van der Waals surface area (Å²) in [5.74, 6) is -1.62. The molecule has 0 saturated carbocycles. The molecular weight excluding hydrogens is 1250 g/mol. The molecule has 0 radical (unpaired) electrons. The van der Waals surface area contributed by atoms with Crippen LogP contribution in [0.3, 0.4) is 0 Å². The van der Waals surface area contributed by atoms with Gasteiger partial charge >= 0.3 is 12.4 Å². The number of amides is 3. The molecule has 2 aliphatic rings. The number of azide groups is 1. The van der Waals surface area contributed by atoms with E-state index < -0.39 is 104 Å². The summed E-state index contributed by atoms with van der Waals surface area (Å²) in [4.78, 5) is 54.3. The Hall–Kier alpha value is -5.66. The highest BCUT2D eigenvalue weighted by molar-refractivity contribution is 5.76. The zero-order valence-corrected chi connectivity index (χ0v) is 50.4. The summed E-state index contributed by atoms with van der Waals surface area (Å²) in [6.45, 7) is 1.03. The molecule has 2 fully saturated rings. The molecule has 2 aromatic rings. The van der Waals surface area contributed by atoms with Crippen molar-refractivity contribution >= 4 is 29.4 Å². The third-order valence-electron chi connectivity index (χ3n) is 13.1. The van der Waals surface area contributed by atoms with E-state index in [0.29, 0.717) is 38.2 Å². The molecule has 10 atom stereocenters. The van der Waals surface area contributed by atoms with Crippen molar-refractivity contribution in [1.29, 1.82) is 0 Å². The van der Waals surface area contributed by atoms with Crippen LogP contribution in [0.4, 0.5) is 38.0 Å². The van der Waals surface area contributed by atoms with Crippen molar-refractivity contribution in [2.75, 3.05) is 162 Å². The van der Waals surface area contributed by atoms with Crippen LogP contribution in [0.1, 0.15) is 49.9 Å². The molecule has 3 amide bonds. The summed E-state index contributed by atoms with van der Waals surface area (Å²) in [5.41, 5.74) is 5.88. The average molecular weight is 1340 g/mol.